The van der Waals surface area contributed by atoms with Gasteiger partial charge in [-0.1, -0.05) is 6.07 Å². The maximum atomic E-state index is 9.18. The zero-order valence-corrected chi connectivity index (χ0v) is 12.3. The molecule has 1 aliphatic rings. The van der Waals surface area contributed by atoms with Crippen LogP contribution in [0.25, 0.3) is 0 Å². The van der Waals surface area contributed by atoms with Crippen LogP contribution in [0, 0.1) is 18.3 Å². The van der Waals surface area contributed by atoms with E-state index in [1.165, 1.54) is 18.5 Å². The fraction of sp³-hybridized carbons (Fsp3) is 0.278. The van der Waals surface area contributed by atoms with Crippen molar-refractivity contribution in [3.05, 3.63) is 53.6 Å². The van der Waals surface area contributed by atoms with Crippen LogP contribution in [0.4, 0.5) is 17.1 Å². The first-order chi connectivity index (χ1) is 10.3. The molecule has 106 valence electrons. The minimum Gasteiger partial charge on any atom is -0.372 e. The quantitative estimate of drug-likeness (QED) is 0.913. The lowest BCUT2D eigenvalue weighted by Gasteiger charge is -2.18. The second kappa shape index (κ2) is 5.88. The summed E-state index contributed by atoms with van der Waals surface area (Å²) >= 11 is 0. The molecule has 2 aromatic carbocycles. The smallest absolute Gasteiger partial charge is 0.101 e. The molecule has 0 saturated carbocycles. The summed E-state index contributed by atoms with van der Waals surface area (Å²) in [5.74, 6) is 0. The van der Waals surface area contributed by atoms with E-state index < -0.39 is 0 Å². The van der Waals surface area contributed by atoms with Gasteiger partial charge in [0, 0.05) is 24.5 Å². The molecule has 1 fully saturated rings. The third-order valence-corrected chi connectivity index (χ3v) is 3.91. The average molecular weight is 277 g/mol. The molecule has 21 heavy (non-hydrogen) atoms. The third kappa shape index (κ3) is 3.00. The molecule has 0 spiro atoms. The molecular formula is C18H19N3. The monoisotopic (exact) mass is 277 g/mol. The number of rotatable bonds is 3. The van der Waals surface area contributed by atoms with Crippen LogP contribution in [-0.4, -0.2) is 13.1 Å². The molecule has 0 aliphatic carbocycles. The molecular weight excluding hydrogens is 258 g/mol. The third-order valence-electron chi connectivity index (χ3n) is 3.91. The van der Waals surface area contributed by atoms with Gasteiger partial charge in [0.2, 0.25) is 0 Å². The standard InChI is InChI=1S/C18H19N3/c1-14-4-5-15(13-19)18(12-14)20-16-6-8-17(9-7-16)21-10-2-3-11-21/h4-9,12,20H,2-3,10-11H2,1H3. The van der Waals surface area contributed by atoms with Gasteiger partial charge in [-0.05, 0) is 61.7 Å². The van der Waals surface area contributed by atoms with Gasteiger partial charge in [0.25, 0.3) is 0 Å². The molecule has 3 rings (SSSR count). The first-order valence-corrected chi connectivity index (χ1v) is 7.39. The summed E-state index contributed by atoms with van der Waals surface area (Å²) < 4.78 is 0. The summed E-state index contributed by atoms with van der Waals surface area (Å²) in [5.41, 5.74) is 4.98. The zero-order valence-electron chi connectivity index (χ0n) is 12.3. The van der Waals surface area contributed by atoms with Gasteiger partial charge in [0.15, 0.2) is 0 Å². The van der Waals surface area contributed by atoms with E-state index >= 15 is 0 Å². The molecule has 0 aromatic heterocycles. The predicted octanol–water partition coefficient (Wildman–Crippen LogP) is 4.21. The van der Waals surface area contributed by atoms with Crippen molar-refractivity contribution in [1.82, 2.24) is 0 Å². The van der Waals surface area contributed by atoms with Crippen molar-refractivity contribution in [2.24, 2.45) is 0 Å². The molecule has 2 aromatic rings. The van der Waals surface area contributed by atoms with Crippen molar-refractivity contribution in [3.8, 4) is 6.07 Å². The molecule has 0 bridgehead atoms. The number of hydrogen-bond acceptors (Lipinski definition) is 3. The highest BCUT2D eigenvalue weighted by Gasteiger charge is 2.11. The minimum atomic E-state index is 0.671. The number of aryl methyl sites for hydroxylation is 1. The summed E-state index contributed by atoms with van der Waals surface area (Å²) in [5, 5.41) is 12.5. The second-order valence-electron chi connectivity index (χ2n) is 5.53. The molecule has 0 atom stereocenters. The van der Waals surface area contributed by atoms with Gasteiger partial charge in [-0.2, -0.15) is 5.26 Å². The van der Waals surface area contributed by atoms with Gasteiger partial charge in [-0.25, -0.2) is 0 Å². The highest BCUT2D eigenvalue weighted by molar-refractivity contribution is 5.68. The topological polar surface area (TPSA) is 39.1 Å². The van der Waals surface area contributed by atoms with Gasteiger partial charge in [0.1, 0.15) is 6.07 Å². The molecule has 1 aliphatic heterocycles. The van der Waals surface area contributed by atoms with Gasteiger partial charge >= 0.3 is 0 Å². The Kier molecular flexibility index (Phi) is 3.79. The van der Waals surface area contributed by atoms with Crippen molar-refractivity contribution in [2.45, 2.75) is 19.8 Å². The van der Waals surface area contributed by atoms with Crippen LogP contribution in [0.3, 0.4) is 0 Å². The molecule has 0 unspecified atom stereocenters. The van der Waals surface area contributed by atoms with E-state index in [0.29, 0.717) is 5.56 Å². The fourth-order valence-electron chi connectivity index (χ4n) is 2.75. The molecule has 3 heteroatoms. The SMILES string of the molecule is Cc1ccc(C#N)c(Nc2ccc(N3CCCC3)cc2)c1. The van der Waals surface area contributed by atoms with Crippen LogP contribution in [0.1, 0.15) is 24.0 Å². The average Bonchev–Trinajstić information content (AvgIpc) is 3.03. The Bertz CT molecular complexity index is 662. The Balaban J connectivity index is 1.79. The van der Waals surface area contributed by atoms with E-state index in [1.54, 1.807) is 0 Å². The van der Waals surface area contributed by atoms with Crippen LogP contribution in [-0.2, 0) is 0 Å². The van der Waals surface area contributed by atoms with Crippen LogP contribution < -0.4 is 10.2 Å². The summed E-state index contributed by atoms with van der Waals surface area (Å²) in [6.45, 7) is 4.34. The summed E-state index contributed by atoms with van der Waals surface area (Å²) in [6.07, 6.45) is 2.57. The van der Waals surface area contributed by atoms with Crippen LogP contribution in [0.2, 0.25) is 0 Å². The van der Waals surface area contributed by atoms with E-state index in [-0.39, 0.29) is 0 Å². The number of nitriles is 1. The Hall–Kier alpha value is -2.47. The lowest BCUT2D eigenvalue weighted by Crippen LogP contribution is -2.17. The molecule has 0 radical (unpaired) electrons. The van der Waals surface area contributed by atoms with Crippen molar-refractivity contribution < 1.29 is 0 Å². The summed E-state index contributed by atoms with van der Waals surface area (Å²) in [7, 11) is 0. The number of anilines is 3. The molecule has 1 heterocycles. The van der Waals surface area contributed by atoms with Gasteiger partial charge in [-0.3, -0.25) is 0 Å². The first-order valence-electron chi connectivity index (χ1n) is 7.39. The van der Waals surface area contributed by atoms with E-state index in [4.69, 9.17) is 0 Å². The van der Waals surface area contributed by atoms with Gasteiger partial charge in [-0.15, -0.1) is 0 Å². The molecule has 1 N–H and O–H groups in total. The molecule has 3 nitrogen and oxygen atoms in total. The van der Waals surface area contributed by atoms with Crippen LogP contribution in [0.5, 0.6) is 0 Å². The Morgan fingerprint density at radius 3 is 2.43 bits per heavy atom. The number of hydrogen-bond donors (Lipinski definition) is 1. The van der Waals surface area contributed by atoms with Gasteiger partial charge < -0.3 is 10.2 Å². The number of nitrogens with zero attached hydrogens (tertiary/aromatic N) is 2. The van der Waals surface area contributed by atoms with E-state index in [0.717, 1.165) is 30.0 Å². The van der Waals surface area contributed by atoms with Crippen molar-refractivity contribution >= 4 is 17.1 Å². The Morgan fingerprint density at radius 1 is 1.05 bits per heavy atom. The molecule has 0 amide bonds. The van der Waals surface area contributed by atoms with Crippen molar-refractivity contribution in [2.75, 3.05) is 23.3 Å². The second-order valence-corrected chi connectivity index (χ2v) is 5.53. The highest BCUT2D eigenvalue weighted by Crippen LogP contribution is 2.25. The van der Waals surface area contributed by atoms with Crippen LogP contribution >= 0.6 is 0 Å². The summed E-state index contributed by atoms with van der Waals surface area (Å²) in [4.78, 5) is 2.41. The lowest BCUT2D eigenvalue weighted by atomic mass is 10.1. The van der Waals surface area contributed by atoms with E-state index in [1.807, 2.05) is 25.1 Å². The fourth-order valence-corrected chi connectivity index (χ4v) is 2.75. The number of nitrogens with one attached hydrogen (secondary N) is 1. The Labute approximate surface area is 125 Å². The normalized spacial score (nSPS) is 14.0. The van der Waals surface area contributed by atoms with Gasteiger partial charge in [0.05, 0.1) is 11.3 Å². The maximum Gasteiger partial charge on any atom is 0.101 e. The van der Waals surface area contributed by atoms with Crippen LogP contribution in [0.15, 0.2) is 42.5 Å². The largest absolute Gasteiger partial charge is 0.372 e. The lowest BCUT2D eigenvalue weighted by molar-refractivity contribution is 0.949. The highest BCUT2D eigenvalue weighted by atomic mass is 15.1. The zero-order chi connectivity index (χ0) is 14.7. The maximum absolute atomic E-state index is 9.18. The van der Waals surface area contributed by atoms with E-state index in [2.05, 4.69) is 40.6 Å². The summed E-state index contributed by atoms with van der Waals surface area (Å²) in [6, 6.07) is 16.5. The minimum absolute atomic E-state index is 0.671. The number of benzene rings is 2. The van der Waals surface area contributed by atoms with Crippen molar-refractivity contribution in [1.29, 1.82) is 5.26 Å². The first kappa shape index (κ1) is 13.5. The van der Waals surface area contributed by atoms with Crippen molar-refractivity contribution in [3.63, 3.8) is 0 Å². The van der Waals surface area contributed by atoms with E-state index in [9.17, 15) is 5.26 Å². The Morgan fingerprint density at radius 2 is 1.76 bits per heavy atom. The predicted molar refractivity (Wildman–Crippen MR) is 87.1 cm³/mol. The molecule has 1 saturated heterocycles.